The number of methoxy groups -OCH3 is 1. The quantitative estimate of drug-likeness (QED) is 0.370. The second kappa shape index (κ2) is 9.58. The number of aryl methyl sites for hydroxylation is 1. The fourth-order valence-corrected chi connectivity index (χ4v) is 4.57. The van der Waals surface area contributed by atoms with Gasteiger partial charge in [0.1, 0.15) is 22.8 Å². The molecule has 33 heavy (non-hydrogen) atoms. The van der Waals surface area contributed by atoms with Crippen LogP contribution in [0.4, 0.5) is 0 Å². The minimum Gasteiger partial charge on any atom is -0.497 e. The highest BCUT2D eigenvalue weighted by molar-refractivity contribution is 5.77. The van der Waals surface area contributed by atoms with E-state index in [0.717, 1.165) is 36.3 Å². The van der Waals surface area contributed by atoms with E-state index in [4.69, 9.17) is 13.7 Å². The standard InChI is InChI=1S/C26H28N4O3/c1-18-24(25(29-33-18)20-9-5-3-6-10-20)26-28-27-23(32-26)17-30-16-8-4-7-11-22(30)19-12-14-21(31-2)15-13-19/h3,5-6,9-10,12-15,22H,4,7-8,11,16-17H2,1-2H3. The molecule has 0 N–H and O–H groups in total. The number of aromatic nitrogens is 3. The lowest BCUT2D eigenvalue weighted by atomic mass is 10.0. The molecule has 1 atom stereocenters. The van der Waals surface area contributed by atoms with E-state index in [1.54, 1.807) is 7.11 Å². The second-order valence-corrected chi connectivity index (χ2v) is 8.44. The first kappa shape index (κ1) is 21.4. The largest absolute Gasteiger partial charge is 0.497 e. The molecule has 1 fully saturated rings. The number of rotatable bonds is 6. The molecular formula is C26H28N4O3. The van der Waals surface area contributed by atoms with Gasteiger partial charge in [-0.05, 0) is 44.0 Å². The fourth-order valence-electron chi connectivity index (χ4n) is 4.57. The van der Waals surface area contributed by atoms with Crippen molar-refractivity contribution < 1.29 is 13.7 Å². The second-order valence-electron chi connectivity index (χ2n) is 8.44. The van der Waals surface area contributed by atoms with Crippen molar-refractivity contribution in [3.8, 4) is 28.5 Å². The van der Waals surface area contributed by atoms with E-state index in [2.05, 4.69) is 32.4 Å². The predicted molar refractivity (Wildman–Crippen MR) is 125 cm³/mol. The lowest BCUT2D eigenvalue weighted by molar-refractivity contribution is 0.175. The highest BCUT2D eigenvalue weighted by atomic mass is 16.5. The topological polar surface area (TPSA) is 77.4 Å². The van der Waals surface area contributed by atoms with Gasteiger partial charge in [0.2, 0.25) is 5.89 Å². The molecular weight excluding hydrogens is 416 g/mol. The van der Waals surface area contributed by atoms with Crippen molar-refractivity contribution in [2.45, 2.75) is 45.2 Å². The van der Waals surface area contributed by atoms with E-state index < -0.39 is 0 Å². The van der Waals surface area contributed by atoms with Gasteiger partial charge in [-0.2, -0.15) is 0 Å². The molecule has 3 heterocycles. The van der Waals surface area contributed by atoms with Crippen molar-refractivity contribution in [3.63, 3.8) is 0 Å². The SMILES string of the molecule is COc1ccc(C2CCCCCN2Cc2nnc(-c3c(-c4ccccc4)noc3C)o2)cc1. The Morgan fingerprint density at radius 1 is 1.00 bits per heavy atom. The summed E-state index contributed by atoms with van der Waals surface area (Å²) in [4.78, 5) is 2.45. The Bertz CT molecular complexity index is 1180. The van der Waals surface area contributed by atoms with Crippen LogP contribution in [-0.2, 0) is 6.54 Å². The lowest BCUT2D eigenvalue weighted by Gasteiger charge is -2.29. The first-order valence-electron chi connectivity index (χ1n) is 11.5. The van der Waals surface area contributed by atoms with Gasteiger partial charge in [0.05, 0.1) is 13.7 Å². The van der Waals surface area contributed by atoms with Crippen LogP contribution in [0.25, 0.3) is 22.7 Å². The van der Waals surface area contributed by atoms with Crippen molar-refractivity contribution in [1.29, 1.82) is 0 Å². The summed E-state index contributed by atoms with van der Waals surface area (Å²) in [6.45, 7) is 3.47. The average Bonchev–Trinajstić information content (AvgIpc) is 3.40. The Labute approximate surface area is 193 Å². The van der Waals surface area contributed by atoms with Crippen LogP contribution in [0.2, 0.25) is 0 Å². The van der Waals surface area contributed by atoms with Gasteiger partial charge in [-0.3, -0.25) is 4.90 Å². The summed E-state index contributed by atoms with van der Waals surface area (Å²) in [6.07, 6.45) is 4.72. The van der Waals surface area contributed by atoms with Crippen LogP contribution in [0, 0.1) is 6.92 Å². The molecule has 170 valence electrons. The molecule has 0 spiro atoms. The number of ether oxygens (including phenoxy) is 1. The highest BCUT2D eigenvalue weighted by Crippen LogP contribution is 2.35. The normalized spacial score (nSPS) is 17.1. The Kier molecular flexibility index (Phi) is 6.21. The molecule has 0 aliphatic carbocycles. The molecule has 5 rings (SSSR count). The fraction of sp³-hybridized carbons (Fsp3) is 0.346. The maximum atomic E-state index is 6.15. The minimum atomic E-state index is 0.311. The molecule has 1 aliphatic heterocycles. The minimum absolute atomic E-state index is 0.311. The third-order valence-electron chi connectivity index (χ3n) is 6.29. The van der Waals surface area contributed by atoms with Crippen LogP contribution in [0.1, 0.15) is 48.9 Å². The van der Waals surface area contributed by atoms with E-state index in [9.17, 15) is 0 Å². The highest BCUT2D eigenvalue weighted by Gasteiger charge is 2.26. The summed E-state index contributed by atoms with van der Waals surface area (Å²) < 4.78 is 17.0. The molecule has 0 saturated carbocycles. The van der Waals surface area contributed by atoms with Crippen molar-refractivity contribution in [2.75, 3.05) is 13.7 Å². The monoisotopic (exact) mass is 444 g/mol. The summed E-state index contributed by atoms with van der Waals surface area (Å²) in [6, 6.07) is 18.6. The molecule has 0 bridgehead atoms. The van der Waals surface area contributed by atoms with Gasteiger partial charge in [0.25, 0.3) is 5.89 Å². The molecule has 1 saturated heterocycles. The first-order chi connectivity index (χ1) is 16.2. The van der Waals surface area contributed by atoms with Gasteiger partial charge in [-0.15, -0.1) is 10.2 Å². The van der Waals surface area contributed by atoms with Gasteiger partial charge in [-0.25, -0.2) is 0 Å². The van der Waals surface area contributed by atoms with Crippen LogP contribution in [0.5, 0.6) is 5.75 Å². The molecule has 1 aliphatic rings. The van der Waals surface area contributed by atoms with Crippen molar-refractivity contribution in [1.82, 2.24) is 20.3 Å². The summed E-state index contributed by atoms with van der Waals surface area (Å²) in [5, 5.41) is 13.0. The Balaban J connectivity index is 1.40. The summed E-state index contributed by atoms with van der Waals surface area (Å²) in [5.41, 5.74) is 3.71. The number of hydrogen-bond acceptors (Lipinski definition) is 7. The van der Waals surface area contributed by atoms with Gasteiger partial charge in [0, 0.05) is 11.6 Å². The molecule has 2 aromatic heterocycles. The molecule has 2 aromatic carbocycles. The summed E-state index contributed by atoms with van der Waals surface area (Å²) in [5.74, 6) is 2.58. The van der Waals surface area contributed by atoms with E-state index in [1.807, 2.05) is 49.4 Å². The van der Waals surface area contributed by atoms with E-state index >= 15 is 0 Å². The third kappa shape index (κ3) is 4.54. The van der Waals surface area contributed by atoms with Crippen molar-refractivity contribution in [3.05, 3.63) is 71.8 Å². The van der Waals surface area contributed by atoms with E-state index in [0.29, 0.717) is 35.8 Å². The van der Waals surface area contributed by atoms with E-state index in [1.165, 1.54) is 18.4 Å². The van der Waals surface area contributed by atoms with Crippen molar-refractivity contribution >= 4 is 0 Å². The first-order valence-corrected chi connectivity index (χ1v) is 11.5. The lowest BCUT2D eigenvalue weighted by Crippen LogP contribution is -2.28. The zero-order chi connectivity index (χ0) is 22.6. The molecule has 7 heteroatoms. The van der Waals surface area contributed by atoms with Gasteiger partial charge in [-0.1, -0.05) is 60.5 Å². The Morgan fingerprint density at radius 3 is 2.61 bits per heavy atom. The predicted octanol–water partition coefficient (Wildman–Crippen LogP) is 5.83. The third-order valence-corrected chi connectivity index (χ3v) is 6.29. The van der Waals surface area contributed by atoms with Crippen LogP contribution in [-0.4, -0.2) is 33.9 Å². The zero-order valence-corrected chi connectivity index (χ0v) is 19.0. The molecule has 0 amide bonds. The van der Waals surface area contributed by atoms with Gasteiger partial charge in [0.15, 0.2) is 0 Å². The summed E-state index contributed by atoms with van der Waals surface area (Å²) >= 11 is 0. The van der Waals surface area contributed by atoms with Gasteiger partial charge < -0.3 is 13.7 Å². The molecule has 0 radical (unpaired) electrons. The number of nitrogens with zero attached hydrogens (tertiary/aromatic N) is 4. The zero-order valence-electron chi connectivity index (χ0n) is 19.0. The van der Waals surface area contributed by atoms with Crippen LogP contribution >= 0.6 is 0 Å². The smallest absolute Gasteiger partial charge is 0.253 e. The van der Waals surface area contributed by atoms with Gasteiger partial charge >= 0.3 is 0 Å². The van der Waals surface area contributed by atoms with E-state index in [-0.39, 0.29) is 0 Å². The number of likely N-dealkylation sites (tertiary alicyclic amines) is 1. The Morgan fingerprint density at radius 2 is 1.82 bits per heavy atom. The number of benzene rings is 2. The van der Waals surface area contributed by atoms with Crippen LogP contribution < -0.4 is 4.74 Å². The maximum Gasteiger partial charge on any atom is 0.253 e. The molecule has 7 nitrogen and oxygen atoms in total. The van der Waals surface area contributed by atoms with Crippen molar-refractivity contribution in [2.24, 2.45) is 0 Å². The van der Waals surface area contributed by atoms with Crippen LogP contribution in [0.15, 0.2) is 63.5 Å². The summed E-state index contributed by atoms with van der Waals surface area (Å²) in [7, 11) is 1.70. The maximum absolute atomic E-state index is 6.15. The number of hydrogen-bond donors (Lipinski definition) is 0. The molecule has 1 unspecified atom stereocenters. The average molecular weight is 445 g/mol. The Hall–Kier alpha value is -3.45. The van der Waals surface area contributed by atoms with Crippen LogP contribution in [0.3, 0.4) is 0 Å². The molecule has 4 aromatic rings.